The van der Waals surface area contributed by atoms with Gasteiger partial charge in [0.25, 0.3) is 0 Å². The summed E-state index contributed by atoms with van der Waals surface area (Å²) >= 11 is 1.86. The fraction of sp³-hybridized carbons (Fsp3) is 0.600. The summed E-state index contributed by atoms with van der Waals surface area (Å²) in [6, 6.07) is 10.4. The Hall–Kier alpha value is -0.510. The lowest BCUT2D eigenvalue weighted by atomic mass is 9.70. The van der Waals surface area contributed by atoms with E-state index in [-0.39, 0.29) is 11.5 Å². The zero-order valence-electron chi connectivity index (χ0n) is 10.8. The predicted molar refractivity (Wildman–Crippen MR) is 77.7 cm³/mol. The summed E-state index contributed by atoms with van der Waals surface area (Å²) < 4.78 is 0. The minimum atomic E-state index is -0.201. The van der Waals surface area contributed by atoms with Crippen molar-refractivity contribution in [1.29, 1.82) is 0 Å². The first-order chi connectivity index (χ1) is 8.77. The van der Waals surface area contributed by atoms with Gasteiger partial charge in [0.15, 0.2) is 0 Å². The molecule has 18 heavy (non-hydrogen) atoms. The Labute approximate surface area is 114 Å². The molecular formula is C15H23NOS. The molecule has 0 bridgehead atoms. The van der Waals surface area contributed by atoms with Crippen LogP contribution in [0.4, 0.5) is 0 Å². The van der Waals surface area contributed by atoms with Crippen LogP contribution >= 0.6 is 11.8 Å². The van der Waals surface area contributed by atoms with Crippen molar-refractivity contribution in [2.24, 2.45) is 11.1 Å². The Kier molecular flexibility index (Phi) is 5.10. The zero-order valence-corrected chi connectivity index (χ0v) is 11.7. The number of aliphatic hydroxyl groups is 1. The highest BCUT2D eigenvalue weighted by molar-refractivity contribution is 7.99. The summed E-state index contributed by atoms with van der Waals surface area (Å²) in [5, 5.41) is 10.2. The maximum absolute atomic E-state index is 10.2. The number of nitrogens with two attached hydrogens (primary N) is 1. The van der Waals surface area contributed by atoms with Gasteiger partial charge in [0.2, 0.25) is 0 Å². The van der Waals surface area contributed by atoms with Gasteiger partial charge in [-0.15, -0.1) is 11.8 Å². The van der Waals surface area contributed by atoms with Crippen molar-refractivity contribution in [2.45, 2.75) is 43.1 Å². The normalized spacial score (nSPS) is 28.2. The molecule has 1 aliphatic carbocycles. The number of rotatable bonds is 5. The van der Waals surface area contributed by atoms with E-state index in [0.717, 1.165) is 31.4 Å². The van der Waals surface area contributed by atoms with E-state index in [1.54, 1.807) is 0 Å². The van der Waals surface area contributed by atoms with Crippen LogP contribution in [0.5, 0.6) is 0 Å². The number of hydrogen-bond donors (Lipinski definition) is 2. The Bertz CT molecular complexity index is 357. The maximum atomic E-state index is 10.2. The molecule has 2 unspecified atom stereocenters. The van der Waals surface area contributed by atoms with Gasteiger partial charge in [0, 0.05) is 16.9 Å². The Morgan fingerprint density at radius 1 is 1.28 bits per heavy atom. The lowest BCUT2D eigenvalue weighted by Gasteiger charge is -2.40. The van der Waals surface area contributed by atoms with Gasteiger partial charge in [-0.2, -0.15) is 0 Å². The molecule has 2 nitrogen and oxygen atoms in total. The molecule has 0 aliphatic heterocycles. The van der Waals surface area contributed by atoms with E-state index >= 15 is 0 Å². The third kappa shape index (κ3) is 3.28. The molecule has 0 spiro atoms. The Morgan fingerprint density at radius 2 is 2.06 bits per heavy atom. The molecule has 2 rings (SSSR count). The van der Waals surface area contributed by atoms with Gasteiger partial charge in [0.1, 0.15) is 0 Å². The van der Waals surface area contributed by atoms with Crippen LogP contribution in [0.25, 0.3) is 0 Å². The van der Waals surface area contributed by atoms with Crippen molar-refractivity contribution >= 4 is 11.8 Å². The fourth-order valence-electron chi connectivity index (χ4n) is 2.81. The van der Waals surface area contributed by atoms with Crippen molar-refractivity contribution < 1.29 is 5.11 Å². The second-order valence-corrected chi connectivity index (χ2v) is 6.41. The van der Waals surface area contributed by atoms with Gasteiger partial charge in [-0.1, -0.05) is 31.0 Å². The molecule has 0 saturated heterocycles. The van der Waals surface area contributed by atoms with E-state index in [1.807, 2.05) is 17.8 Å². The SMILES string of the molecule is NCC1(CCSc2ccccc2)CCCCC1O. The van der Waals surface area contributed by atoms with Crippen LogP contribution in [0.2, 0.25) is 0 Å². The minimum Gasteiger partial charge on any atom is -0.393 e. The van der Waals surface area contributed by atoms with Crippen LogP contribution in [0.3, 0.4) is 0 Å². The average molecular weight is 265 g/mol. The van der Waals surface area contributed by atoms with Gasteiger partial charge in [-0.3, -0.25) is 0 Å². The lowest BCUT2D eigenvalue weighted by Crippen LogP contribution is -2.44. The second kappa shape index (κ2) is 6.60. The number of thioether (sulfide) groups is 1. The Morgan fingerprint density at radius 3 is 2.72 bits per heavy atom. The molecule has 3 N–H and O–H groups in total. The molecular weight excluding hydrogens is 242 g/mol. The van der Waals surface area contributed by atoms with Crippen LogP contribution in [0.1, 0.15) is 32.1 Å². The lowest BCUT2D eigenvalue weighted by molar-refractivity contribution is -0.00777. The summed E-state index contributed by atoms with van der Waals surface area (Å²) in [4.78, 5) is 1.30. The topological polar surface area (TPSA) is 46.2 Å². The molecule has 0 heterocycles. The first-order valence-electron chi connectivity index (χ1n) is 6.83. The van der Waals surface area contributed by atoms with Crippen molar-refractivity contribution in [3.05, 3.63) is 30.3 Å². The monoisotopic (exact) mass is 265 g/mol. The van der Waals surface area contributed by atoms with Gasteiger partial charge < -0.3 is 10.8 Å². The van der Waals surface area contributed by atoms with Crippen LogP contribution in [-0.4, -0.2) is 23.5 Å². The van der Waals surface area contributed by atoms with Crippen LogP contribution < -0.4 is 5.73 Å². The average Bonchev–Trinajstić information content (AvgIpc) is 2.42. The summed E-state index contributed by atoms with van der Waals surface area (Å²) in [7, 11) is 0. The van der Waals surface area contributed by atoms with Crippen LogP contribution in [0.15, 0.2) is 35.2 Å². The van der Waals surface area contributed by atoms with E-state index in [0.29, 0.717) is 6.54 Å². The molecule has 100 valence electrons. The molecule has 2 atom stereocenters. The van der Waals surface area contributed by atoms with Crippen molar-refractivity contribution in [3.63, 3.8) is 0 Å². The van der Waals surface area contributed by atoms with E-state index in [4.69, 9.17) is 5.73 Å². The number of aliphatic hydroxyl groups excluding tert-OH is 1. The Balaban J connectivity index is 1.87. The smallest absolute Gasteiger partial charge is 0.0608 e. The van der Waals surface area contributed by atoms with Crippen LogP contribution in [0, 0.1) is 5.41 Å². The van der Waals surface area contributed by atoms with E-state index in [2.05, 4.69) is 24.3 Å². The second-order valence-electron chi connectivity index (χ2n) is 5.24. The van der Waals surface area contributed by atoms with E-state index in [1.165, 1.54) is 11.3 Å². The van der Waals surface area contributed by atoms with Crippen molar-refractivity contribution in [2.75, 3.05) is 12.3 Å². The third-order valence-corrected chi connectivity index (χ3v) is 5.14. The predicted octanol–water partition coefficient (Wildman–Crippen LogP) is 3.05. The minimum absolute atomic E-state index is 0.0277. The van der Waals surface area contributed by atoms with Crippen molar-refractivity contribution in [3.8, 4) is 0 Å². The van der Waals surface area contributed by atoms with E-state index < -0.39 is 0 Å². The third-order valence-electron chi connectivity index (χ3n) is 4.13. The highest BCUT2D eigenvalue weighted by Crippen LogP contribution is 2.40. The van der Waals surface area contributed by atoms with Crippen LogP contribution in [-0.2, 0) is 0 Å². The summed E-state index contributed by atoms with van der Waals surface area (Å²) in [6.45, 7) is 0.615. The van der Waals surface area contributed by atoms with E-state index in [9.17, 15) is 5.11 Å². The molecule has 1 aromatic carbocycles. The molecule has 0 radical (unpaired) electrons. The molecule has 0 aromatic heterocycles. The molecule has 1 saturated carbocycles. The summed E-state index contributed by atoms with van der Waals surface area (Å²) in [5.74, 6) is 1.04. The number of hydrogen-bond acceptors (Lipinski definition) is 3. The molecule has 1 aromatic rings. The largest absolute Gasteiger partial charge is 0.393 e. The molecule has 1 aliphatic rings. The van der Waals surface area contributed by atoms with Gasteiger partial charge in [-0.05, 0) is 37.1 Å². The summed E-state index contributed by atoms with van der Waals surface area (Å²) in [6.07, 6.45) is 5.18. The first-order valence-corrected chi connectivity index (χ1v) is 7.81. The van der Waals surface area contributed by atoms with Gasteiger partial charge >= 0.3 is 0 Å². The first kappa shape index (κ1) is 13.9. The number of benzene rings is 1. The van der Waals surface area contributed by atoms with Gasteiger partial charge in [-0.25, -0.2) is 0 Å². The zero-order chi connectivity index (χ0) is 12.8. The molecule has 0 amide bonds. The van der Waals surface area contributed by atoms with Crippen molar-refractivity contribution in [1.82, 2.24) is 0 Å². The highest BCUT2D eigenvalue weighted by Gasteiger charge is 2.38. The maximum Gasteiger partial charge on any atom is 0.0608 e. The fourth-order valence-corrected chi connectivity index (χ4v) is 3.90. The molecule has 1 fully saturated rings. The van der Waals surface area contributed by atoms with Gasteiger partial charge in [0.05, 0.1) is 6.10 Å². The quantitative estimate of drug-likeness (QED) is 0.804. The highest BCUT2D eigenvalue weighted by atomic mass is 32.2. The summed E-state index contributed by atoms with van der Waals surface area (Å²) in [5.41, 5.74) is 5.91. The molecule has 3 heteroatoms. The standard InChI is InChI=1S/C15H23NOS/c16-12-15(9-5-4-8-14(15)17)10-11-18-13-6-2-1-3-7-13/h1-3,6-7,14,17H,4-5,8-12,16H2.